The maximum atomic E-state index is 13.1. The SMILES string of the molecule is COc1cc2oc3cc(O)c(C4C[C@H](CO)C[C@H](O)[C@H]4O)c(O)c3c(=O)c2cc1O. The number of fused-ring (bicyclic) bond motifs is 2. The fourth-order valence-electron chi connectivity index (χ4n) is 4.32. The second-order valence-corrected chi connectivity index (χ2v) is 7.67. The topological polar surface area (TPSA) is 161 Å². The van der Waals surface area contributed by atoms with Crippen LogP contribution in [-0.4, -0.2) is 56.6 Å². The third-order valence-electron chi connectivity index (χ3n) is 5.85. The Morgan fingerprint density at radius 1 is 1.07 bits per heavy atom. The van der Waals surface area contributed by atoms with Gasteiger partial charge in [0.25, 0.3) is 0 Å². The molecule has 1 aliphatic rings. The Balaban J connectivity index is 1.98. The van der Waals surface area contributed by atoms with Gasteiger partial charge < -0.3 is 39.8 Å². The predicted molar refractivity (Wildman–Crippen MR) is 106 cm³/mol. The molecule has 1 aliphatic carbocycles. The first kappa shape index (κ1) is 20.3. The molecule has 0 spiro atoms. The van der Waals surface area contributed by atoms with Gasteiger partial charge in [0, 0.05) is 30.2 Å². The molecule has 9 nitrogen and oxygen atoms in total. The van der Waals surface area contributed by atoms with Crippen LogP contribution < -0.4 is 10.2 Å². The average molecular weight is 418 g/mol. The van der Waals surface area contributed by atoms with E-state index in [-0.39, 0.29) is 64.4 Å². The molecule has 6 N–H and O–H groups in total. The number of methoxy groups -OCH3 is 1. The lowest BCUT2D eigenvalue weighted by molar-refractivity contribution is -0.0479. The molecule has 0 amide bonds. The van der Waals surface area contributed by atoms with Crippen LogP contribution in [0.4, 0.5) is 0 Å². The van der Waals surface area contributed by atoms with Crippen molar-refractivity contribution in [2.45, 2.75) is 31.0 Å². The standard InChI is InChI=1S/C21H22O9/c1-29-15-6-14-9(4-11(15)23)20(27)18-16(30-14)5-12(24)17(21(18)28)10-2-8(7-22)3-13(25)19(10)26/h4-6,8,10,13,19,22-26,28H,2-3,7H2,1H3/t8-,10?,13-,19-/m0/s1. The third kappa shape index (κ3) is 3.02. The minimum atomic E-state index is -1.30. The normalized spacial score (nSPS) is 24.4. The van der Waals surface area contributed by atoms with E-state index in [1.54, 1.807) is 0 Å². The molecule has 30 heavy (non-hydrogen) atoms. The predicted octanol–water partition coefficient (Wildman–Crippen LogP) is 1.28. The van der Waals surface area contributed by atoms with E-state index in [1.165, 1.54) is 13.2 Å². The summed E-state index contributed by atoms with van der Waals surface area (Å²) in [6.07, 6.45) is -2.09. The van der Waals surface area contributed by atoms with Crippen molar-refractivity contribution in [3.63, 3.8) is 0 Å². The van der Waals surface area contributed by atoms with E-state index >= 15 is 0 Å². The third-order valence-corrected chi connectivity index (χ3v) is 5.85. The first-order chi connectivity index (χ1) is 14.3. The van der Waals surface area contributed by atoms with E-state index in [0.29, 0.717) is 0 Å². The molecule has 1 fully saturated rings. The first-order valence-electron chi connectivity index (χ1n) is 9.46. The van der Waals surface area contributed by atoms with Crippen LogP contribution in [0.1, 0.15) is 24.3 Å². The molecule has 0 saturated heterocycles. The molecule has 2 aromatic carbocycles. The highest BCUT2D eigenvalue weighted by Gasteiger charge is 2.39. The molecule has 0 bridgehead atoms. The van der Waals surface area contributed by atoms with Gasteiger partial charge in [0.2, 0.25) is 5.43 Å². The summed E-state index contributed by atoms with van der Waals surface area (Å²) in [6, 6.07) is 3.64. The van der Waals surface area contributed by atoms with Crippen molar-refractivity contribution >= 4 is 21.9 Å². The Kier molecular flexibility index (Phi) is 4.97. The summed E-state index contributed by atoms with van der Waals surface area (Å²) in [5, 5.41) is 61.3. The van der Waals surface area contributed by atoms with Crippen LogP contribution in [-0.2, 0) is 0 Å². The fourth-order valence-corrected chi connectivity index (χ4v) is 4.32. The van der Waals surface area contributed by atoms with Gasteiger partial charge in [-0.3, -0.25) is 4.79 Å². The van der Waals surface area contributed by atoms with Crippen LogP contribution in [0.25, 0.3) is 21.9 Å². The molecule has 0 radical (unpaired) electrons. The quantitative estimate of drug-likeness (QED) is 0.344. The van der Waals surface area contributed by atoms with Crippen molar-refractivity contribution in [2.24, 2.45) is 5.92 Å². The van der Waals surface area contributed by atoms with E-state index in [9.17, 15) is 35.4 Å². The fraction of sp³-hybridized carbons (Fsp3) is 0.381. The molecule has 0 aliphatic heterocycles. The molecule has 3 aromatic rings. The van der Waals surface area contributed by atoms with Gasteiger partial charge in [0.05, 0.1) is 24.7 Å². The lowest BCUT2D eigenvalue weighted by Gasteiger charge is -2.36. The number of benzene rings is 2. The van der Waals surface area contributed by atoms with Crippen molar-refractivity contribution in [2.75, 3.05) is 13.7 Å². The summed E-state index contributed by atoms with van der Waals surface area (Å²) >= 11 is 0. The Bertz CT molecular complexity index is 1180. The number of aliphatic hydroxyl groups is 3. The van der Waals surface area contributed by atoms with Crippen LogP contribution in [0.3, 0.4) is 0 Å². The molecule has 1 saturated carbocycles. The van der Waals surface area contributed by atoms with E-state index in [4.69, 9.17) is 9.15 Å². The van der Waals surface area contributed by atoms with Gasteiger partial charge in [-0.2, -0.15) is 0 Å². The van der Waals surface area contributed by atoms with Gasteiger partial charge in [0.15, 0.2) is 11.5 Å². The Morgan fingerprint density at radius 3 is 2.47 bits per heavy atom. The Labute approximate surface area is 170 Å². The van der Waals surface area contributed by atoms with Crippen molar-refractivity contribution in [3.8, 4) is 23.0 Å². The number of hydrogen-bond donors (Lipinski definition) is 6. The van der Waals surface area contributed by atoms with Crippen molar-refractivity contribution < 1.29 is 39.8 Å². The van der Waals surface area contributed by atoms with Crippen molar-refractivity contribution in [1.29, 1.82) is 0 Å². The van der Waals surface area contributed by atoms with Gasteiger partial charge in [0.1, 0.15) is 28.1 Å². The van der Waals surface area contributed by atoms with Gasteiger partial charge in [-0.15, -0.1) is 0 Å². The van der Waals surface area contributed by atoms with E-state index in [2.05, 4.69) is 0 Å². The smallest absolute Gasteiger partial charge is 0.204 e. The molecule has 1 unspecified atom stereocenters. The minimum Gasteiger partial charge on any atom is -0.507 e. The lowest BCUT2D eigenvalue weighted by atomic mass is 9.74. The number of hydrogen-bond acceptors (Lipinski definition) is 9. The van der Waals surface area contributed by atoms with Crippen LogP contribution in [0.15, 0.2) is 27.4 Å². The van der Waals surface area contributed by atoms with Crippen LogP contribution in [0.2, 0.25) is 0 Å². The number of ether oxygens (including phenoxy) is 1. The minimum absolute atomic E-state index is 0.00907. The van der Waals surface area contributed by atoms with Crippen LogP contribution >= 0.6 is 0 Å². The summed E-state index contributed by atoms with van der Waals surface area (Å²) in [5.74, 6) is -2.44. The largest absolute Gasteiger partial charge is 0.507 e. The molecule has 160 valence electrons. The van der Waals surface area contributed by atoms with Crippen molar-refractivity contribution in [3.05, 3.63) is 34.0 Å². The number of rotatable bonds is 3. The highest BCUT2D eigenvalue weighted by molar-refractivity contribution is 5.96. The van der Waals surface area contributed by atoms with E-state index in [0.717, 1.165) is 12.1 Å². The molecule has 1 heterocycles. The average Bonchev–Trinajstić information content (AvgIpc) is 2.70. The maximum Gasteiger partial charge on any atom is 0.204 e. The number of aliphatic hydroxyl groups excluding tert-OH is 3. The summed E-state index contributed by atoms with van der Waals surface area (Å²) < 4.78 is 10.7. The van der Waals surface area contributed by atoms with Gasteiger partial charge in [-0.05, 0) is 24.8 Å². The molecular formula is C21H22O9. The number of aromatic hydroxyl groups is 3. The van der Waals surface area contributed by atoms with Crippen molar-refractivity contribution in [1.82, 2.24) is 0 Å². The summed E-state index contributed by atoms with van der Waals surface area (Å²) in [5.41, 5.74) is -0.755. The first-order valence-corrected chi connectivity index (χ1v) is 9.46. The summed E-state index contributed by atoms with van der Waals surface area (Å²) in [6.45, 7) is -0.233. The molecule has 4 rings (SSSR count). The zero-order valence-electron chi connectivity index (χ0n) is 16.1. The lowest BCUT2D eigenvalue weighted by Crippen LogP contribution is -2.40. The maximum absolute atomic E-state index is 13.1. The molecule has 1 aromatic heterocycles. The number of phenolic OH excluding ortho intramolecular Hbond substituents is 3. The van der Waals surface area contributed by atoms with Gasteiger partial charge in [-0.1, -0.05) is 0 Å². The highest BCUT2D eigenvalue weighted by Crippen LogP contribution is 2.46. The molecular weight excluding hydrogens is 396 g/mol. The molecule has 4 atom stereocenters. The number of phenols is 3. The van der Waals surface area contributed by atoms with E-state index < -0.39 is 35.1 Å². The monoisotopic (exact) mass is 418 g/mol. The highest BCUT2D eigenvalue weighted by atomic mass is 16.5. The summed E-state index contributed by atoms with van der Waals surface area (Å²) in [7, 11) is 1.34. The van der Waals surface area contributed by atoms with E-state index in [1.807, 2.05) is 0 Å². The zero-order valence-corrected chi connectivity index (χ0v) is 16.1. The van der Waals surface area contributed by atoms with Crippen LogP contribution in [0.5, 0.6) is 23.0 Å². The Morgan fingerprint density at radius 2 is 1.80 bits per heavy atom. The van der Waals surface area contributed by atoms with Gasteiger partial charge in [-0.25, -0.2) is 0 Å². The molecule has 9 heteroatoms. The Hall–Kier alpha value is -3.01. The van der Waals surface area contributed by atoms with Gasteiger partial charge >= 0.3 is 0 Å². The zero-order chi connectivity index (χ0) is 21.7. The second kappa shape index (κ2) is 7.35. The summed E-state index contributed by atoms with van der Waals surface area (Å²) in [4.78, 5) is 13.1. The van der Waals surface area contributed by atoms with Crippen LogP contribution in [0, 0.1) is 5.92 Å². The second-order valence-electron chi connectivity index (χ2n) is 7.67.